The highest BCUT2D eigenvalue weighted by atomic mass is 35.6. The summed E-state index contributed by atoms with van der Waals surface area (Å²) in [7, 11) is -7.57. The Balaban J connectivity index is 2.55. The van der Waals surface area contributed by atoms with E-state index in [1.54, 1.807) is 18.2 Å². The minimum atomic E-state index is -3.82. The monoisotopic (exact) mass is 428 g/mol. The van der Waals surface area contributed by atoms with Gasteiger partial charge in [0.05, 0.1) is 22.0 Å². The van der Waals surface area contributed by atoms with Crippen LogP contribution in [0.4, 0.5) is 0 Å². The van der Waals surface area contributed by atoms with Crippen LogP contribution in [0.15, 0.2) is 46.5 Å². The van der Waals surface area contributed by atoms with Crippen molar-refractivity contribution in [1.82, 2.24) is 9.97 Å². The van der Waals surface area contributed by atoms with Gasteiger partial charge in [-0.3, -0.25) is 0 Å². The van der Waals surface area contributed by atoms with Gasteiger partial charge >= 0.3 is 0 Å². The zero-order chi connectivity index (χ0) is 18.2. The van der Waals surface area contributed by atoms with Crippen molar-refractivity contribution in [2.45, 2.75) is 19.6 Å². The number of benzene rings is 1. The highest BCUT2D eigenvalue weighted by Crippen LogP contribution is 2.37. The molecule has 0 spiro atoms. The fourth-order valence-corrected chi connectivity index (χ4v) is 3.88. The maximum Gasteiger partial charge on any atom is 0.247 e. The minimum absolute atomic E-state index is 0.0694. The third-order valence-corrected chi connectivity index (χ3v) is 5.91. The fraction of sp³-hybridized carbons (Fsp3) is 0.231. The van der Waals surface area contributed by atoms with Gasteiger partial charge in [-0.25, -0.2) is 26.8 Å². The van der Waals surface area contributed by atoms with Crippen molar-refractivity contribution in [3.63, 3.8) is 0 Å². The molecule has 1 aromatic carbocycles. The van der Waals surface area contributed by atoms with Crippen molar-refractivity contribution in [2.24, 2.45) is 0 Å². The molecular weight excluding hydrogens is 419 g/mol. The molecule has 0 fully saturated rings. The van der Waals surface area contributed by atoms with Crippen LogP contribution < -0.4 is 0 Å². The Morgan fingerprint density at radius 1 is 1.00 bits per heavy atom. The van der Waals surface area contributed by atoms with E-state index in [1.165, 1.54) is 12.1 Å². The van der Waals surface area contributed by atoms with Gasteiger partial charge in [-0.05, 0) is 18.2 Å². The second-order valence-electron chi connectivity index (χ2n) is 4.87. The zero-order valence-corrected chi connectivity index (χ0v) is 16.0. The van der Waals surface area contributed by atoms with E-state index >= 15 is 0 Å². The van der Waals surface area contributed by atoms with Gasteiger partial charge in [0.2, 0.25) is 18.8 Å². The summed E-state index contributed by atoms with van der Waals surface area (Å²) >= 11 is 17.2. The lowest BCUT2D eigenvalue weighted by molar-refractivity contribution is 0.586. The maximum atomic E-state index is 12.4. The highest BCUT2D eigenvalue weighted by Gasteiger charge is 2.29. The molecule has 11 heteroatoms. The molecule has 0 unspecified atom stereocenters. The van der Waals surface area contributed by atoms with Crippen LogP contribution in [0, 0.1) is 0 Å². The average molecular weight is 430 g/mol. The molecule has 24 heavy (non-hydrogen) atoms. The second kappa shape index (κ2) is 6.76. The largest absolute Gasteiger partial charge is 0.247 e. The third-order valence-electron chi connectivity index (χ3n) is 2.82. The van der Waals surface area contributed by atoms with Crippen LogP contribution in [0.5, 0.6) is 0 Å². The smallest absolute Gasteiger partial charge is 0.223 e. The van der Waals surface area contributed by atoms with Gasteiger partial charge in [0.1, 0.15) is 0 Å². The van der Waals surface area contributed by atoms with Gasteiger partial charge < -0.3 is 0 Å². The lowest BCUT2D eigenvalue weighted by Crippen LogP contribution is -2.15. The average Bonchev–Trinajstić information content (AvgIpc) is 2.45. The van der Waals surface area contributed by atoms with E-state index in [0.717, 1.165) is 12.3 Å². The first kappa shape index (κ1) is 19.4. The van der Waals surface area contributed by atoms with E-state index in [1.807, 2.05) is 0 Å². The SMILES string of the molecule is CS(=O)(=O)c1nc(CS(=O)(=O)c2ccccc2)cc(C(Cl)(Cl)Cl)n1. The molecule has 2 rings (SSSR count). The molecule has 0 saturated heterocycles. The van der Waals surface area contributed by atoms with Crippen LogP contribution in [0.1, 0.15) is 11.4 Å². The molecule has 6 nitrogen and oxygen atoms in total. The number of rotatable bonds is 4. The lowest BCUT2D eigenvalue weighted by Gasteiger charge is -2.13. The fourth-order valence-electron chi connectivity index (χ4n) is 1.76. The van der Waals surface area contributed by atoms with Crippen LogP contribution >= 0.6 is 34.8 Å². The second-order valence-corrected chi connectivity index (χ2v) is 11.0. The molecule has 0 aliphatic rings. The van der Waals surface area contributed by atoms with Gasteiger partial charge in [0.15, 0.2) is 9.84 Å². The molecule has 0 amide bonds. The number of alkyl halides is 3. The van der Waals surface area contributed by atoms with Crippen molar-refractivity contribution in [2.75, 3.05) is 6.26 Å². The van der Waals surface area contributed by atoms with Crippen LogP contribution in [0.25, 0.3) is 0 Å². The Kier molecular flexibility index (Phi) is 5.46. The summed E-state index contributed by atoms with van der Waals surface area (Å²) in [4.78, 5) is 7.53. The van der Waals surface area contributed by atoms with E-state index in [9.17, 15) is 16.8 Å². The molecule has 0 aliphatic carbocycles. The Labute approximate surface area is 154 Å². The Morgan fingerprint density at radius 2 is 1.58 bits per heavy atom. The van der Waals surface area contributed by atoms with E-state index < -0.39 is 34.4 Å². The molecule has 0 atom stereocenters. The van der Waals surface area contributed by atoms with Crippen molar-refractivity contribution in [3.8, 4) is 0 Å². The number of halogens is 3. The predicted octanol–water partition coefficient (Wildman–Crippen LogP) is 2.68. The molecule has 1 aromatic heterocycles. The number of hydrogen-bond acceptors (Lipinski definition) is 6. The predicted molar refractivity (Wildman–Crippen MR) is 91.7 cm³/mol. The molecule has 0 saturated carbocycles. The summed E-state index contributed by atoms with van der Waals surface area (Å²) in [6.45, 7) is 0. The molecule has 0 N–H and O–H groups in total. The van der Waals surface area contributed by atoms with Crippen molar-refractivity contribution >= 4 is 54.5 Å². The molecule has 1 heterocycles. The maximum absolute atomic E-state index is 12.4. The van der Waals surface area contributed by atoms with Crippen LogP contribution in [-0.4, -0.2) is 33.1 Å². The van der Waals surface area contributed by atoms with Crippen molar-refractivity contribution < 1.29 is 16.8 Å². The van der Waals surface area contributed by atoms with Crippen molar-refractivity contribution in [3.05, 3.63) is 47.8 Å². The zero-order valence-electron chi connectivity index (χ0n) is 12.1. The number of hydrogen-bond donors (Lipinski definition) is 0. The third kappa shape index (κ3) is 4.80. The standard InChI is InChI=1S/C13H11Cl3N2O4S2/c1-23(19,20)12-17-9(7-11(18-12)13(14,15)16)8-24(21,22)10-5-3-2-4-6-10/h2-7H,8H2,1H3. The summed E-state index contributed by atoms with van der Waals surface area (Å²) < 4.78 is 46.2. The summed E-state index contributed by atoms with van der Waals surface area (Å²) in [5.74, 6) is -0.560. The molecule has 130 valence electrons. The molecule has 0 bridgehead atoms. The first-order valence-corrected chi connectivity index (χ1v) is 11.0. The Hall–Kier alpha value is -0.930. The molecule has 0 radical (unpaired) electrons. The summed E-state index contributed by atoms with van der Waals surface area (Å²) in [5.41, 5.74) is -0.309. The summed E-state index contributed by atoms with van der Waals surface area (Å²) in [6, 6.07) is 8.81. The van der Waals surface area contributed by atoms with Gasteiger partial charge in [-0.1, -0.05) is 53.0 Å². The minimum Gasteiger partial charge on any atom is -0.223 e. The van der Waals surface area contributed by atoms with Crippen LogP contribution in [0.2, 0.25) is 0 Å². The van der Waals surface area contributed by atoms with E-state index in [4.69, 9.17) is 34.8 Å². The summed E-state index contributed by atoms with van der Waals surface area (Å²) in [5, 5.41) is -0.607. The first-order chi connectivity index (χ1) is 10.9. The van der Waals surface area contributed by atoms with Crippen LogP contribution in [0.3, 0.4) is 0 Å². The normalized spacial score (nSPS) is 13.0. The quantitative estimate of drug-likeness (QED) is 0.548. The van der Waals surface area contributed by atoms with Gasteiger partial charge in [-0.15, -0.1) is 0 Å². The van der Waals surface area contributed by atoms with E-state index in [-0.39, 0.29) is 16.3 Å². The van der Waals surface area contributed by atoms with Gasteiger partial charge in [-0.2, -0.15) is 0 Å². The van der Waals surface area contributed by atoms with E-state index in [0.29, 0.717) is 0 Å². The Bertz CT molecular complexity index is 956. The number of nitrogens with zero attached hydrogens (tertiary/aromatic N) is 2. The molecule has 2 aromatic rings. The first-order valence-electron chi connectivity index (χ1n) is 6.32. The van der Waals surface area contributed by atoms with E-state index in [2.05, 4.69) is 9.97 Å². The van der Waals surface area contributed by atoms with Gasteiger partial charge in [0, 0.05) is 6.26 Å². The van der Waals surface area contributed by atoms with Crippen LogP contribution in [-0.2, 0) is 29.2 Å². The molecular formula is C13H11Cl3N2O4S2. The number of sulfone groups is 2. The Morgan fingerprint density at radius 3 is 2.08 bits per heavy atom. The van der Waals surface area contributed by atoms with Gasteiger partial charge in [0.25, 0.3) is 0 Å². The highest BCUT2D eigenvalue weighted by molar-refractivity contribution is 7.91. The summed E-state index contributed by atoms with van der Waals surface area (Å²) in [6.07, 6.45) is 0.875. The van der Waals surface area contributed by atoms with Crippen molar-refractivity contribution in [1.29, 1.82) is 0 Å². The molecule has 0 aliphatic heterocycles. The topological polar surface area (TPSA) is 94.1 Å². The number of aromatic nitrogens is 2. The lowest BCUT2D eigenvalue weighted by atomic mass is 10.3.